The molecule has 8 rings (SSSR count). The normalized spacial score (nSPS) is 20.5. The molecular formula is C74H95ClN16O18. The number of phenolic OH excluding ortho intramolecular Hbond substituents is 1. The molecule has 6 aromatic rings. The predicted octanol–water partition coefficient (Wildman–Crippen LogP) is -1.90. The van der Waals surface area contributed by atoms with Gasteiger partial charge < -0.3 is 105 Å². The van der Waals surface area contributed by atoms with Crippen LogP contribution in [0, 0.1) is 17.2 Å². The van der Waals surface area contributed by atoms with Crippen LogP contribution in [-0.2, 0) is 83.1 Å². The van der Waals surface area contributed by atoms with Crippen molar-refractivity contribution >= 4 is 104 Å². The van der Waals surface area contributed by atoms with Crippen LogP contribution in [0.5, 0.6) is 5.75 Å². The number of fused-ring (bicyclic) bond motifs is 2. The molecule has 2 aliphatic heterocycles. The number of aromatic hydroxyl groups is 1. The number of ketones is 2. The topological polar surface area (TPSA) is 563 Å². The average Bonchev–Trinajstić information content (AvgIpc) is 1.60. The number of carbonyl (C=O) groups excluding carboxylic acids is 11. The van der Waals surface area contributed by atoms with Crippen molar-refractivity contribution in [2.24, 2.45) is 34.8 Å². The van der Waals surface area contributed by atoms with E-state index in [1.807, 2.05) is 11.5 Å². The first-order chi connectivity index (χ1) is 51.8. The van der Waals surface area contributed by atoms with Crippen molar-refractivity contribution in [2.75, 3.05) is 26.3 Å². The fourth-order valence-corrected chi connectivity index (χ4v) is 13.5. The van der Waals surface area contributed by atoms with Gasteiger partial charge in [0.15, 0.2) is 29.4 Å². The Hall–Kier alpha value is -10.7. The van der Waals surface area contributed by atoms with Crippen molar-refractivity contribution < 1.29 is 87.7 Å². The quantitative estimate of drug-likeness (QED) is 0.00680. The molecular weight excluding hydrogens is 1440 g/mol. The monoisotopic (exact) mass is 1530 g/mol. The standard InChI is InChI=1S/C74H95ClN16O18/c1-37(2)28-56(86-65(101)51(77)36-108-70-62(98)61(97)59(95)38(3)109-70)66(102)84-53(14-9-26-81-72(78)79)69(105)91-27-25-49(60(96)54(83-39(4)93)32-42-15-20-43-10-5-6-11-44(43)29-42)74(91,71(106)89-90-73(80)107)63(99)55(31-41-18-23-47(94)24-19-41)85-68(104)58(35-92)88-67(103)57(33-45-34-82-52-13-8-7-12-48(45)52)87-64(100)50(76)30-40-16-21-46(75)22-17-40/h5-8,10-13,15-24,29,34,37-38,49-51,53-59,61-62,70,82,92,94-95,97-98H,9,14,25-28,30-33,35-36,76-77H2,1-4H3,(H,83,93)(H,84,102)(H,85,104)(H,86,101)(H,87,100)(H,88,103)(H,89,106)(H4,78,79,81)(H3,80,90,107)/t38-,49?,50+,51+,53-,54+,55-,56-,57+,58-,59-,61+,62+,70+,74+/m0/s1. The zero-order valence-electron chi connectivity index (χ0n) is 60.4. The minimum Gasteiger partial charge on any atom is -0.508 e. The number of H-pyrrole nitrogens is 1. The molecule has 0 radical (unpaired) electrons. The number of hydrazine groups is 1. The molecule has 0 aliphatic carbocycles. The largest absolute Gasteiger partial charge is 0.508 e. The van der Waals surface area contributed by atoms with Crippen LogP contribution in [0.3, 0.4) is 0 Å². The van der Waals surface area contributed by atoms with Gasteiger partial charge in [-0.2, -0.15) is 0 Å². The van der Waals surface area contributed by atoms with Crippen LogP contribution in [0.4, 0.5) is 4.79 Å². The minimum absolute atomic E-state index is 0.0129. The number of aromatic nitrogens is 1. The number of Topliss-reactive ketones (excluding diaryl/α,β-unsaturated/α-hetero) is 2. The van der Waals surface area contributed by atoms with E-state index < -0.39 is 206 Å². The van der Waals surface area contributed by atoms with Gasteiger partial charge in [-0.25, -0.2) is 10.2 Å². The lowest BCUT2D eigenvalue weighted by atomic mass is 9.72. The lowest BCUT2D eigenvalue weighted by molar-refractivity contribution is -0.293. The van der Waals surface area contributed by atoms with E-state index in [4.69, 9.17) is 49.4 Å². The van der Waals surface area contributed by atoms with Gasteiger partial charge in [0, 0.05) is 48.6 Å². The van der Waals surface area contributed by atoms with Crippen molar-refractivity contribution in [2.45, 2.75) is 164 Å². The number of nitrogens with zero attached hydrogens (tertiary/aromatic N) is 1. The van der Waals surface area contributed by atoms with Gasteiger partial charge in [0.05, 0.1) is 43.4 Å². The number of halogens is 1. The van der Waals surface area contributed by atoms with E-state index >= 15 is 28.8 Å². The number of nitrogens with one attached hydrogen (secondary N) is 11. The second-order valence-electron chi connectivity index (χ2n) is 27.5. The van der Waals surface area contributed by atoms with Crippen LogP contribution < -0.4 is 71.0 Å². The number of hydrogen-bond donors (Lipinski definition) is 20. The number of guanidine groups is 1. The van der Waals surface area contributed by atoms with Crippen molar-refractivity contribution in [3.63, 3.8) is 0 Å². The van der Waals surface area contributed by atoms with Gasteiger partial charge in [-0.1, -0.05) is 110 Å². The van der Waals surface area contributed by atoms with Crippen LogP contribution in [-0.4, -0.2) is 217 Å². The van der Waals surface area contributed by atoms with E-state index in [0.29, 0.717) is 42.9 Å². The first kappa shape index (κ1) is 83.9. The first-order valence-electron chi connectivity index (χ1n) is 35.4. The Bertz CT molecular complexity index is 4270. The number of phenols is 1. The number of urea groups is 1. The second-order valence-corrected chi connectivity index (χ2v) is 28.0. The number of benzene rings is 5. The van der Waals surface area contributed by atoms with Crippen molar-refractivity contribution in [3.05, 3.63) is 149 Å². The predicted molar refractivity (Wildman–Crippen MR) is 397 cm³/mol. The molecule has 3 heterocycles. The maximum absolute atomic E-state index is 17.0. The van der Waals surface area contributed by atoms with Crippen LogP contribution in [0.1, 0.15) is 75.6 Å². The number of para-hydroxylation sites is 1. The first-order valence-corrected chi connectivity index (χ1v) is 35.8. The Morgan fingerprint density at radius 3 is 1.93 bits per heavy atom. The number of aliphatic hydroxyl groups excluding tert-OH is 4. The molecule has 2 aliphatic rings. The molecule has 1 aromatic heterocycles. The van der Waals surface area contributed by atoms with Crippen LogP contribution in [0.25, 0.3) is 21.7 Å². The second kappa shape index (κ2) is 38.4. The molecule has 2 fully saturated rings. The molecule has 24 N–H and O–H groups in total. The van der Waals surface area contributed by atoms with E-state index in [1.165, 1.54) is 31.2 Å². The summed E-state index contributed by atoms with van der Waals surface area (Å²) in [7, 11) is 0. The Labute approximate surface area is 631 Å². The molecule has 1 unspecified atom stereocenters. The van der Waals surface area contributed by atoms with Crippen molar-refractivity contribution in [1.29, 1.82) is 5.41 Å². The zero-order valence-corrected chi connectivity index (χ0v) is 61.1. The number of amides is 10. The van der Waals surface area contributed by atoms with Crippen LogP contribution in [0.2, 0.25) is 5.02 Å². The summed E-state index contributed by atoms with van der Waals surface area (Å²) in [5, 5.41) is 81.5. The highest BCUT2D eigenvalue weighted by atomic mass is 35.5. The lowest BCUT2D eigenvalue weighted by Gasteiger charge is -2.43. The molecule has 35 heteroatoms. The van der Waals surface area contributed by atoms with Crippen LogP contribution >= 0.6 is 11.6 Å². The molecule has 0 bridgehead atoms. The molecule has 2 saturated heterocycles. The molecule has 34 nitrogen and oxygen atoms in total. The van der Waals surface area contributed by atoms with Gasteiger partial charge in [0.1, 0.15) is 54.3 Å². The number of aliphatic hydroxyl groups is 4. The van der Waals surface area contributed by atoms with Gasteiger partial charge >= 0.3 is 6.03 Å². The summed E-state index contributed by atoms with van der Waals surface area (Å²) in [4.78, 5) is 169. The van der Waals surface area contributed by atoms with E-state index in [2.05, 4.69) is 47.6 Å². The fraction of sp³-hybridized carbons (Fsp3) is 0.432. The highest BCUT2D eigenvalue weighted by molar-refractivity contribution is 6.30. The molecule has 0 saturated carbocycles. The molecule has 10 amide bonds. The SMILES string of the molecule is CC(=O)N[C@H](Cc1ccc2ccccc2c1)C(=O)C1CCN(C(=O)[C@H](CCCNC(=N)N)NC(=O)[C@H](CC(C)C)NC(=O)[C@H](N)CO[C@@H]2O[C@@H](C)[C@H](O)[C@@H](O)[C@H]2O)[C@@]1(C(=O)NNC(N)=O)C(=O)[C@H](Cc1ccc(O)cc1)NC(=O)[C@H](CO)NC(=O)[C@@H](Cc1c[nH]c2ccccc12)NC(=O)[C@H](N)Cc1ccc(Cl)cc1. The molecule has 586 valence electrons. The van der Waals surface area contributed by atoms with Gasteiger partial charge in [0.25, 0.3) is 5.91 Å². The number of aromatic amines is 1. The maximum Gasteiger partial charge on any atom is 0.330 e. The van der Waals surface area contributed by atoms with Crippen molar-refractivity contribution in [1.82, 2.24) is 58.0 Å². The number of primary amides is 1. The van der Waals surface area contributed by atoms with Gasteiger partial charge in [-0.05, 0) is 121 Å². The number of ether oxygens (including phenoxy) is 2. The van der Waals surface area contributed by atoms with Gasteiger partial charge in [-0.3, -0.25) is 58.8 Å². The molecule has 5 aromatic carbocycles. The number of hydrogen-bond acceptors (Lipinski definition) is 21. The van der Waals surface area contributed by atoms with E-state index in [-0.39, 0.29) is 50.0 Å². The third kappa shape index (κ3) is 21.8. The van der Waals surface area contributed by atoms with E-state index in [1.54, 1.807) is 105 Å². The zero-order chi connectivity index (χ0) is 79.6. The third-order valence-corrected chi connectivity index (χ3v) is 19.2. The summed E-state index contributed by atoms with van der Waals surface area (Å²) < 4.78 is 11.0. The summed E-state index contributed by atoms with van der Waals surface area (Å²) >= 11 is 6.11. The molecule has 0 spiro atoms. The minimum atomic E-state index is -3.36. The maximum atomic E-state index is 17.0. The Morgan fingerprint density at radius 2 is 1.26 bits per heavy atom. The Balaban J connectivity index is 1.22. The van der Waals surface area contributed by atoms with Gasteiger partial charge in [0.2, 0.25) is 41.4 Å². The number of carbonyl (C=O) groups is 11. The smallest absolute Gasteiger partial charge is 0.330 e. The summed E-state index contributed by atoms with van der Waals surface area (Å²) in [6, 6.07) is 15.8. The van der Waals surface area contributed by atoms with E-state index in [0.717, 1.165) is 12.3 Å². The van der Waals surface area contributed by atoms with Crippen LogP contribution in [0.15, 0.2) is 121 Å². The number of likely N-dealkylation sites (tertiary alicyclic amines) is 1. The summed E-state index contributed by atoms with van der Waals surface area (Å²) in [6.45, 7) is 3.10. The lowest BCUT2D eigenvalue weighted by Crippen LogP contribution is -2.74. The average molecular weight is 1530 g/mol. The van der Waals surface area contributed by atoms with Gasteiger partial charge in [-0.15, -0.1) is 0 Å². The fourth-order valence-electron chi connectivity index (χ4n) is 13.4. The third-order valence-electron chi connectivity index (χ3n) is 19.0. The van der Waals surface area contributed by atoms with Crippen molar-refractivity contribution in [3.8, 4) is 5.75 Å². The summed E-state index contributed by atoms with van der Waals surface area (Å²) in [5.41, 5.74) is 27.0. The summed E-state index contributed by atoms with van der Waals surface area (Å²) in [6.07, 6.45) is -8.57. The highest BCUT2D eigenvalue weighted by Crippen LogP contribution is 2.41. The summed E-state index contributed by atoms with van der Waals surface area (Å²) in [5.74, 6) is -14.9. The van der Waals surface area contributed by atoms with E-state index in [9.17, 15) is 49.5 Å². The number of rotatable bonds is 35. The molecule has 15 atom stereocenters. The molecule has 109 heavy (non-hydrogen) atoms. The highest BCUT2D eigenvalue weighted by Gasteiger charge is 2.66. The Morgan fingerprint density at radius 1 is 0.670 bits per heavy atom. The number of nitrogens with two attached hydrogens (primary N) is 4. The Kier molecular flexibility index (Phi) is 29.6.